The number of para-hydroxylation sites is 3. The summed E-state index contributed by atoms with van der Waals surface area (Å²) in [6.07, 6.45) is 2.55. The molecule has 2 atom stereocenters. The molecule has 45 heavy (non-hydrogen) atoms. The Morgan fingerprint density at radius 2 is 1.76 bits per heavy atom. The molecule has 4 aromatic rings. The van der Waals surface area contributed by atoms with Crippen molar-refractivity contribution in [2.75, 3.05) is 39.5 Å². The van der Waals surface area contributed by atoms with Crippen LogP contribution in [0, 0.1) is 6.92 Å². The number of aliphatic hydroxyl groups is 1. The van der Waals surface area contributed by atoms with E-state index in [1.807, 2.05) is 73.3 Å². The summed E-state index contributed by atoms with van der Waals surface area (Å²) < 4.78 is 22.7. The maximum absolute atomic E-state index is 13.9. The topological polar surface area (TPSA) is 133 Å². The molecule has 4 heterocycles. The Bertz CT molecular complexity index is 1790. The highest BCUT2D eigenvalue weighted by Crippen LogP contribution is 2.34. The first-order chi connectivity index (χ1) is 21.9. The van der Waals surface area contributed by atoms with Gasteiger partial charge in [-0.25, -0.2) is 9.48 Å². The predicted molar refractivity (Wildman–Crippen MR) is 167 cm³/mol. The maximum Gasteiger partial charge on any atom is 0.326 e. The minimum atomic E-state index is -0.775. The number of likely N-dealkylation sites (tertiary alicyclic amines) is 1. The van der Waals surface area contributed by atoms with E-state index in [4.69, 9.17) is 19.3 Å². The van der Waals surface area contributed by atoms with E-state index in [0.29, 0.717) is 37.9 Å². The van der Waals surface area contributed by atoms with E-state index in [1.54, 1.807) is 20.2 Å². The van der Waals surface area contributed by atoms with Crippen molar-refractivity contribution in [1.29, 1.82) is 0 Å². The number of H-pyrrole nitrogens is 1. The number of aliphatic hydroxyl groups excluding tert-OH is 1. The summed E-state index contributed by atoms with van der Waals surface area (Å²) in [5.74, 6) is -0.553. The molecule has 2 aromatic heterocycles. The van der Waals surface area contributed by atoms with Crippen LogP contribution < -0.4 is 11.2 Å². The number of allylic oxidation sites excluding steroid dienone is 1. The largest absolute Gasteiger partial charge is 0.459 e. The molecule has 0 aliphatic carbocycles. The lowest BCUT2D eigenvalue weighted by atomic mass is 9.92. The number of aromatic nitrogens is 4. The third kappa shape index (κ3) is 6.13. The van der Waals surface area contributed by atoms with Crippen LogP contribution in [0.4, 0.5) is 0 Å². The van der Waals surface area contributed by atoms with Gasteiger partial charge in [0, 0.05) is 49.8 Å². The van der Waals surface area contributed by atoms with Gasteiger partial charge in [-0.2, -0.15) is 0 Å². The number of hydrogen-bond acceptors (Lipinski definition) is 7. The molecule has 1 fully saturated rings. The minimum Gasteiger partial charge on any atom is -0.459 e. The fourth-order valence-electron chi connectivity index (χ4n) is 6.45. The Morgan fingerprint density at radius 1 is 1.02 bits per heavy atom. The fraction of sp³-hybridized carbons (Fsp3) is 0.424. The monoisotopic (exact) mass is 617 g/mol. The Balaban J connectivity index is 1.24. The highest BCUT2D eigenvalue weighted by Gasteiger charge is 2.35. The molecule has 1 saturated heterocycles. The molecule has 2 aliphatic rings. The Morgan fingerprint density at radius 3 is 2.51 bits per heavy atom. The quantitative estimate of drug-likeness (QED) is 0.262. The van der Waals surface area contributed by atoms with E-state index in [9.17, 15) is 14.4 Å². The van der Waals surface area contributed by atoms with Crippen LogP contribution in [0.15, 0.2) is 76.0 Å². The predicted octanol–water partition coefficient (Wildman–Crippen LogP) is 2.73. The number of carbonyl (C=O) groups is 1. The molecule has 6 rings (SSSR count). The summed E-state index contributed by atoms with van der Waals surface area (Å²) in [7, 11) is 1.85. The van der Waals surface area contributed by atoms with Crippen LogP contribution >= 0.6 is 0 Å². The van der Waals surface area contributed by atoms with Gasteiger partial charge in [-0.3, -0.25) is 18.8 Å². The van der Waals surface area contributed by atoms with Crippen molar-refractivity contribution in [2.24, 2.45) is 7.05 Å². The van der Waals surface area contributed by atoms with Gasteiger partial charge in [0.2, 0.25) is 6.29 Å². The van der Waals surface area contributed by atoms with Crippen LogP contribution in [-0.2, 0) is 26.1 Å². The number of amides is 1. The van der Waals surface area contributed by atoms with E-state index in [2.05, 4.69) is 4.98 Å². The van der Waals surface area contributed by atoms with E-state index < -0.39 is 12.2 Å². The molecule has 12 nitrogen and oxygen atoms in total. The van der Waals surface area contributed by atoms with Gasteiger partial charge in [0.15, 0.2) is 5.76 Å². The highest BCUT2D eigenvalue weighted by molar-refractivity contribution is 5.92. The molecule has 0 unspecified atom stereocenters. The van der Waals surface area contributed by atoms with Crippen LogP contribution in [0.25, 0.3) is 16.7 Å². The zero-order valence-corrected chi connectivity index (χ0v) is 25.6. The molecule has 2 N–H and O–H groups in total. The SMILES string of the molecule is Cc1c([C@H]2C=C(C(=O)N3CCC(n4c(=O)[nH]c5ccccc54)CC3)O[C@@H](OCCOCCO)C2)c(=O)n(-c2ccccc2)n1C. The average Bonchev–Trinajstić information content (AvgIpc) is 3.51. The normalized spacial score (nSPS) is 19.1. The number of fused-ring (bicyclic) bond motifs is 1. The fourth-order valence-corrected chi connectivity index (χ4v) is 6.45. The number of hydrogen-bond donors (Lipinski definition) is 2. The molecule has 0 bridgehead atoms. The van der Waals surface area contributed by atoms with Gasteiger partial charge in [-0.05, 0) is 50.1 Å². The summed E-state index contributed by atoms with van der Waals surface area (Å²) >= 11 is 0. The Kier molecular flexibility index (Phi) is 9.06. The van der Waals surface area contributed by atoms with Crippen LogP contribution in [0.3, 0.4) is 0 Å². The third-order valence-electron chi connectivity index (χ3n) is 8.75. The van der Waals surface area contributed by atoms with Gasteiger partial charge in [0.05, 0.1) is 43.1 Å². The lowest BCUT2D eigenvalue weighted by Gasteiger charge is -2.35. The van der Waals surface area contributed by atoms with Crippen LogP contribution in [0.1, 0.15) is 42.5 Å². The summed E-state index contributed by atoms with van der Waals surface area (Å²) in [4.78, 5) is 45.2. The zero-order valence-electron chi connectivity index (χ0n) is 25.6. The molecule has 2 aliphatic heterocycles. The maximum atomic E-state index is 13.9. The van der Waals surface area contributed by atoms with E-state index in [-0.39, 0.29) is 55.4 Å². The van der Waals surface area contributed by atoms with Gasteiger partial charge in [0.25, 0.3) is 11.5 Å². The van der Waals surface area contributed by atoms with E-state index in [1.165, 1.54) is 0 Å². The number of piperidine rings is 1. The van der Waals surface area contributed by atoms with E-state index >= 15 is 0 Å². The first-order valence-corrected chi connectivity index (χ1v) is 15.4. The van der Waals surface area contributed by atoms with Crippen molar-refractivity contribution in [3.63, 3.8) is 0 Å². The van der Waals surface area contributed by atoms with Crippen molar-refractivity contribution in [3.05, 3.63) is 98.5 Å². The molecule has 0 spiro atoms. The van der Waals surface area contributed by atoms with Gasteiger partial charge in [0.1, 0.15) is 0 Å². The van der Waals surface area contributed by atoms with Crippen molar-refractivity contribution in [1.82, 2.24) is 23.8 Å². The van der Waals surface area contributed by atoms with Crippen LogP contribution in [-0.4, -0.2) is 80.6 Å². The number of nitrogens with zero attached hydrogens (tertiary/aromatic N) is 4. The number of aromatic amines is 1. The molecule has 238 valence electrons. The van der Waals surface area contributed by atoms with Crippen molar-refractivity contribution >= 4 is 16.9 Å². The minimum absolute atomic E-state index is 0.0369. The second-order valence-corrected chi connectivity index (χ2v) is 11.4. The number of benzene rings is 2. The average molecular weight is 618 g/mol. The Hall–Kier alpha value is -4.39. The molecule has 12 heteroatoms. The van der Waals surface area contributed by atoms with E-state index in [0.717, 1.165) is 22.4 Å². The lowest BCUT2D eigenvalue weighted by molar-refractivity contribution is -0.157. The second kappa shape index (κ2) is 13.3. The third-order valence-corrected chi connectivity index (χ3v) is 8.75. The summed E-state index contributed by atoms with van der Waals surface area (Å²) in [6.45, 7) is 3.37. The van der Waals surface area contributed by atoms with Crippen molar-refractivity contribution < 1.29 is 24.1 Å². The molecule has 2 aromatic carbocycles. The van der Waals surface area contributed by atoms with Crippen molar-refractivity contribution in [3.8, 4) is 5.69 Å². The first kappa shape index (κ1) is 30.6. The lowest BCUT2D eigenvalue weighted by Crippen LogP contribution is -2.43. The van der Waals surface area contributed by atoms with Gasteiger partial charge < -0.3 is 29.2 Å². The smallest absolute Gasteiger partial charge is 0.326 e. The molecule has 0 radical (unpaired) electrons. The molecular formula is C33H39N5O7. The van der Waals surface area contributed by atoms with Crippen molar-refractivity contribution in [2.45, 2.75) is 44.4 Å². The second-order valence-electron chi connectivity index (χ2n) is 11.4. The zero-order chi connectivity index (χ0) is 31.5. The number of nitrogens with one attached hydrogen (secondary N) is 1. The number of carbonyl (C=O) groups excluding carboxylic acids is 1. The summed E-state index contributed by atoms with van der Waals surface area (Å²) in [6, 6.07) is 17.0. The molecular weight excluding hydrogens is 578 g/mol. The number of rotatable bonds is 10. The van der Waals surface area contributed by atoms with Crippen LogP contribution in [0.5, 0.6) is 0 Å². The number of imidazole rings is 1. The van der Waals surface area contributed by atoms with Gasteiger partial charge >= 0.3 is 5.69 Å². The summed E-state index contributed by atoms with van der Waals surface area (Å²) in [5.41, 5.74) is 3.46. The highest BCUT2D eigenvalue weighted by atomic mass is 16.7. The Labute approximate surface area is 260 Å². The summed E-state index contributed by atoms with van der Waals surface area (Å²) in [5, 5.41) is 8.99. The van der Waals surface area contributed by atoms with Gasteiger partial charge in [-0.15, -0.1) is 0 Å². The standard InChI is InChI=1S/C33H39N5O7/c1-22-30(32(41)38(35(22)2)25-8-4-3-5-9-25)23-20-28(45-29(21-23)44-19-18-43-17-16-39)31(40)36-14-12-24(13-15-36)37-27-11-7-6-10-26(27)34-33(37)42/h3-11,20,23-24,29,39H,12-19,21H2,1-2H3,(H,34,42)/t23-,29+/m0/s1. The van der Waals surface area contributed by atoms with Crippen LogP contribution in [0.2, 0.25) is 0 Å². The van der Waals surface area contributed by atoms with Gasteiger partial charge in [-0.1, -0.05) is 30.3 Å². The first-order valence-electron chi connectivity index (χ1n) is 15.4. The molecule has 0 saturated carbocycles. The molecule has 1 amide bonds. The number of ether oxygens (including phenoxy) is 3.